The molecule has 1 N–H and O–H groups in total. The summed E-state index contributed by atoms with van der Waals surface area (Å²) in [7, 11) is 3.49. The molecule has 1 atom stereocenters. The van der Waals surface area contributed by atoms with Crippen molar-refractivity contribution in [3.05, 3.63) is 23.3 Å². The van der Waals surface area contributed by atoms with Gasteiger partial charge < -0.3 is 14.9 Å². The zero-order valence-electron chi connectivity index (χ0n) is 14.7. The van der Waals surface area contributed by atoms with E-state index in [1.54, 1.807) is 23.9 Å². The number of nitrogens with zero attached hydrogens (tertiary/aromatic N) is 4. The predicted molar refractivity (Wildman–Crippen MR) is 89.4 cm³/mol. The number of aliphatic hydroxyl groups excluding tert-OH is 1. The Labute approximate surface area is 142 Å². The number of piperidine rings is 1. The first-order valence-electron chi connectivity index (χ1n) is 8.34. The zero-order chi connectivity index (χ0) is 17.7. The minimum absolute atomic E-state index is 0.0743. The molecule has 1 aliphatic rings. The second kappa shape index (κ2) is 8.19. The van der Waals surface area contributed by atoms with Gasteiger partial charge in [-0.3, -0.25) is 9.59 Å². The summed E-state index contributed by atoms with van der Waals surface area (Å²) in [6, 6.07) is 1.91. The molecule has 1 aromatic rings. The third-order valence-electron chi connectivity index (χ3n) is 4.29. The molecule has 0 spiro atoms. The highest BCUT2D eigenvalue weighted by Crippen LogP contribution is 2.25. The van der Waals surface area contributed by atoms with E-state index >= 15 is 0 Å². The summed E-state index contributed by atoms with van der Waals surface area (Å²) in [6.07, 6.45) is 2.80. The van der Waals surface area contributed by atoms with Crippen LogP contribution in [0.4, 0.5) is 0 Å². The maximum Gasteiger partial charge on any atom is 0.248 e. The fraction of sp³-hybridized carbons (Fsp3) is 0.647. The molecule has 0 bridgehead atoms. The Hall–Kier alpha value is -2.02. The fourth-order valence-electron chi connectivity index (χ4n) is 2.94. The van der Waals surface area contributed by atoms with Gasteiger partial charge in [0.1, 0.15) is 12.4 Å². The van der Waals surface area contributed by atoms with Crippen LogP contribution in [0.5, 0.6) is 0 Å². The van der Waals surface area contributed by atoms with Crippen molar-refractivity contribution in [1.82, 2.24) is 19.8 Å². The molecule has 0 aliphatic carbocycles. The highest BCUT2D eigenvalue weighted by Gasteiger charge is 2.26. The number of aromatic nitrogens is 2. The quantitative estimate of drug-likeness (QED) is 0.847. The first-order chi connectivity index (χ1) is 11.4. The largest absolute Gasteiger partial charge is 0.387 e. The molecule has 1 aromatic heterocycles. The Bertz CT molecular complexity index is 603. The minimum Gasteiger partial charge on any atom is -0.387 e. The average Bonchev–Trinajstić information content (AvgIpc) is 2.58. The van der Waals surface area contributed by atoms with Crippen LogP contribution in [-0.2, 0) is 16.0 Å². The van der Waals surface area contributed by atoms with Gasteiger partial charge in [0, 0.05) is 50.9 Å². The summed E-state index contributed by atoms with van der Waals surface area (Å²) in [5, 5.41) is 9.04. The lowest BCUT2D eigenvalue weighted by Gasteiger charge is -2.31. The number of likely N-dealkylation sites (tertiary alicyclic amines) is 1. The standard InChI is InChI=1S/C17H26N4O3/c1-12-9-14(6-7-15(23)20(2)3)19-17(18-12)13-5-4-8-21(10-13)16(24)11-22/h9,13,22H,4-8,10-11H2,1-3H3/t13-/m1/s1. The molecule has 1 aliphatic heterocycles. The Morgan fingerprint density at radius 2 is 2.12 bits per heavy atom. The number of carbonyl (C=O) groups is 2. The molecule has 1 saturated heterocycles. The summed E-state index contributed by atoms with van der Waals surface area (Å²) in [4.78, 5) is 35.9. The second-order valence-corrected chi connectivity index (χ2v) is 6.48. The molecule has 7 heteroatoms. The van der Waals surface area contributed by atoms with E-state index in [1.807, 2.05) is 13.0 Å². The predicted octanol–water partition coefficient (Wildman–Crippen LogP) is 0.504. The lowest BCUT2D eigenvalue weighted by molar-refractivity contribution is -0.135. The number of hydrogen-bond donors (Lipinski definition) is 1. The van der Waals surface area contributed by atoms with Gasteiger partial charge in [-0.1, -0.05) is 0 Å². The van der Waals surface area contributed by atoms with Crippen LogP contribution in [0.3, 0.4) is 0 Å². The summed E-state index contributed by atoms with van der Waals surface area (Å²) in [6.45, 7) is 2.67. The molecule has 0 radical (unpaired) electrons. The van der Waals surface area contributed by atoms with Gasteiger partial charge in [-0.2, -0.15) is 0 Å². The average molecular weight is 334 g/mol. The normalized spacial score (nSPS) is 17.7. The third-order valence-corrected chi connectivity index (χ3v) is 4.29. The first kappa shape index (κ1) is 18.3. The topological polar surface area (TPSA) is 86.6 Å². The van der Waals surface area contributed by atoms with Crippen LogP contribution in [0, 0.1) is 6.92 Å². The van der Waals surface area contributed by atoms with Crippen molar-refractivity contribution in [2.24, 2.45) is 0 Å². The van der Waals surface area contributed by atoms with Crippen molar-refractivity contribution in [1.29, 1.82) is 0 Å². The molecule has 132 valence electrons. The van der Waals surface area contributed by atoms with Crippen LogP contribution in [0.1, 0.15) is 42.4 Å². The Morgan fingerprint density at radius 1 is 1.38 bits per heavy atom. The van der Waals surface area contributed by atoms with E-state index in [1.165, 1.54) is 0 Å². The molecule has 0 aromatic carbocycles. The van der Waals surface area contributed by atoms with Crippen LogP contribution in [0.25, 0.3) is 0 Å². The number of carbonyl (C=O) groups excluding carboxylic acids is 2. The summed E-state index contributed by atoms with van der Waals surface area (Å²) < 4.78 is 0. The van der Waals surface area contributed by atoms with E-state index in [4.69, 9.17) is 5.11 Å². The number of aryl methyl sites for hydroxylation is 2. The zero-order valence-corrected chi connectivity index (χ0v) is 14.7. The van der Waals surface area contributed by atoms with Crippen molar-refractivity contribution in [2.45, 2.75) is 38.5 Å². The Kier molecular flexibility index (Phi) is 6.25. The van der Waals surface area contributed by atoms with Crippen molar-refractivity contribution in [3.63, 3.8) is 0 Å². The number of aliphatic hydroxyl groups is 1. The molecule has 1 fully saturated rings. The monoisotopic (exact) mass is 334 g/mol. The van der Waals surface area contributed by atoms with E-state index < -0.39 is 6.61 Å². The summed E-state index contributed by atoms with van der Waals surface area (Å²) in [5.41, 5.74) is 1.73. The highest BCUT2D eigenvalue weighted by molar-refractivity contribution is 5.77. The fourth-order valence-corrected chi connectivity index (χ4v) is 2.94. The SMILES string of the molecule is Cc1cc(CCC(=O)N(C)C)nc([C@@H]2CCCN(C(=O)CO)C2)n1. The van der Waals surface area contributed by atoms with Crippen molar-refractivity contribution in [3.8, 4) is 0 Å². The van der Waals surface area contributed by atoms with Crippen LogP contribution >= 0.6 is 0 Å². The smallest absolute Gasteiger partial charge is 0.248 e. The molecule has 24 heavy (non-hydrogen) atoms. The van der Waals surface area contributed by atoms with Crippen molar-refractivity contribution < 1.29 is 14.7 Å². The minimum atomic E-state index is -0.459. The third kappa shape index (κ3) is 4.74. The van der Waals surface area contributed by atoms with Gasteiger partial charge >= 0.3 is 0 Å². The molecule has 2 heterocycles. The number of rotatable bonds is 5. The van der Waals surface area contributed by atoms with Crippen LogP contribution in [0.2, 0.25) is 0 Å². The van der Waals surface area contributed by atoms with Gasteiger partial charge in [-0.25, -0.2) is 9.97 Å². The van der Waals surface area contributed by atoms with Crippen LogP contribution in [0.15, 0.2) is 6.07 Å². The van der Waals surface area contributed by atoms with Crippen molar-refractivity contribution in [2.75, 3.05) is 33.8 Å². The molecule has 0 saturated carbocycles. The van der Waals surface area contributed by atoms with E-state index in [-0.39, 0.29) is 17.7 Å². The first-order valence-corrected chi connectivity index (χ1v) is 8.34. The van der Waals surface area contributed by atoms with Gasteiger partial charge in [0.2, 0.25) is 11.8 Å². The van der Waals surface area contributed by atoms with E-state index in [0.29, 0.717) is 25.9 Å². The van der Waals surface area contributed by atoms with Crippen molar-refractivity contribution >= 4 is 11.8 Å². The summed E-state index contributed by atoms with van der Waals surface area (Å²) >= 11 is 0. The van der Waals surface area contributed by atoms with Gasteiger partial charge in [0.15, 0.2) is 0 Å². The lowest BCUT2D eigenvalue weighted by atomic mass is 9.96. The molecule has 2 amide bonds. The maximum atomic E-state index is 11.8. The molecule has 2 rings (SSSR count). The molecule has 7 nitrogen and oxygen atoms in total. The molecule has 0 unspecified atom stereocenters. The number of hydrogen-bond acceptors (Lipinski definition) is 5. The van der Waals surface area contributed by atoms with Gasteiger partial charge in [0.05, 0.1) is 0 Å². The second-order valence-electron chi connectivity index (χ2n) is 6.48. The van der Waals surface area contributed by atoms with E-state index in [2.05, 4.69) is 9.97 Å². The maximum absolute atomic E-state index is 11.8. The molecular formula is C17H26N4O3. The van der Waals surface area contributed by atoms with Gasteiger partial charge in [0.25, 0.3) is 0 Å². The van der Waals surface area contributed by atoms with Gasteiger partial charge in [-0.15, -0.1) is 0 Å². The Morgan fingerprint density at radius 3 is 2.79 bits per heavy atom. The van der Waals surface area contributed by atoms with E-state index in [0.717, 1.165) is 30.1 Å². The van der Waals surface area contributed by atoms with Crippen LogP contribution < -0.4 is 0 Å². The highest BCUT2D eigenvalue weighted by atomic mass is 16.3. The lowest BCUT2D eigenvalue weighted by Crippen LogP contribution is -2.41. The Balaban J connectivity index is 2.09. The molecular weight excluding hydrogens is 308 g/mol. The van der Waals surface area contributed by atoms with E-state index in [9.17, 15) is 9.59 Å². The summed E-state index contributed by atoms with van der Waals surface area (Å²) in [5.74, 6) is 0.643. The van der Waals surface area contributed by atoms with Gasteiger partial charge in [-0.05, 0) is 32.3 Å². The number of amides is 2. The van der Waals surface area contributed by atoms with Crippen LogP contribution in [-0.4, -0.2) is 70.5 Å².